The number of amides is 1. The molecule has 1 aliphatic rings. The molecule has 0 bridgehead atoms. The van der Waals surface area contributed by atoms with Crippen LogP contribution in [0.5, 0.6) is 0 Å². The SMILES string of the molecule is C#C/C=N\C(=C/C)CCCCCC(=O)NC1CCC(O)CC1. The quantitative estimate of drug-likeness (QED) is 0.411. The Hall–Kier alpha value is -1.60. The molecule has 1 aliphatic carbocycles. The fourth-order valence-corrected chi connectivity index (χ4v) is 2.69. The van der Waals surface area contributed by atoms with E-state index in [1.165, 1.54) is 6.21 Å². The number of aliphatic hydroxyl groups is 1. The van der Waals surface area contributed by atoms with Crippen LogP contribution in [0.4, 0.5) is 0 Å². The Morgan fingerprint density at radius 3 is 2.59 bits per heavy atom. The summed E-state index contributed by atoms with van der Waals surface area (Å²) in [7, 11) is 0. The van der Waals surface area contributed by atoms with Gasteiger partial charge in [-0.3, -0.25) is 9.79 Å². The zero-order valence-electron chi connectivity index (χ0n) is 13.6. The van der Waals surface area contributed by atoms with Gasteiger partial charge in [-0.1, -0.05) is 18.4 Å². The molecule has 122 valence electrons. The fraction of sp³-hybridized carbons (Fsp3) is 0.667. The highest BCUT2D eigenvalue weighted by atomic mass is 16.3. The van der Waals surface area contributed by atoms with Gasteiger partial charge in [0.2, 0.25) is 5.91 Å². The van der Waals surface area contributed by atoms with E-state index in [1.807, 2.05) is 13.0 Å². The highest BCUT2D eigenvalue weighted by Crippen LogP contribution is 2.18. The van der Waals surface area contributed by atoms with E-state index in [1.54, 1.807) is 0 Å². The van der Waals surface area contributed by atoms with E-state index in [2.05, 4.69) is 16.2 Å². The number of nitrogens with zero attached hydrogens (tertiary/aromatic N) is 1. The average Bonchev–Trinajstić information content (AvgIpc) is 2.52. The molecule has 0 saturated heterocycles. The lowest BCUT2D eigenvalue weighted by molar-refractivity contribution is -0.122. The second kappa shape index (κ2) is 11.0. The monoisotopic (exact) mass is 304 g/mol. The molecule has 4 nitrogen and oxygen atoms in total. The number of rotatable bonds is 8. The molecule has 4 heteroatoms. The first-order valence-electron chi connectivity index (χ1n) is 8.27. The molecule has 0 aromatic rings. The number of aliphatic imine (C=N–C) groups is 1. The van der Waals surface area contributed by atoms with Crippen molar-refractivity contribution in [3.8, 4) is 12.3 Å². The molecule has 0 heterocycles. The van der Waals surface area contributed by atoms with Crippen molar-refractivity contribution < 1.29 is 9.90 Å². The highest BCUT2D eigenvalue weighted by Gasteiger charge is 2.20. The number of aliphatic hydroxyl groups excluding tert-OH is 1. The molecule has 0 unspecified atom stereocenters. The fourth-order valence-electron chi connectivity index (χ4n) is 2.69. The summed E-state index contributed by atoms with van der Waals surface area (Å²) in [6, 6.07) is 0.253. The van der Waals surface area contributed by atoms with Gasteiger partial charge in [-0.15, -0.1) is 6.42 Å². The number of hydrogen-bond donors (Lipinski definition) is 2. The Labute approximate surface area is 134 Å². The molecule has 0 aromatic heterocycles. The first-order chi connectivity index (χ1) is 10.7. The van der Waals surface area contributed by atoms with Crippen LogP contribution in [0.1, 0.15) is 64.7 Å². The van der Waals surface area contributed by atoms with Gasteiger partial charge >= 0.3 is 0 Å². The summed E-state index contributed by atoms with van der Waals surface area (Å²) in [6.07, 6.45) is 16.2. The van der Waals surface area contributed by atoms with Gasteiger partial charge in [0.15, 0.2) is 0 Å². The Bertz CT molecular complexity index is 427. The molecular weight excluding hydrogens is 276 g/mol. The van der Waals surface area contributed by atoms with Crippen molar-refractivity contribution in [2.24, 2.45) is 4.99 Å². The minimum absolute atomic E-state index is 0.137. The van der Waals surface area contributed by atoms with Gasteiger partial charge in [0.1, 0.15) is 0 Å². The summed E-state index contributed by atoms with van der Waals surface area (Å²) in [5.41, 5.74) is 1.00. The maximum atomic E-state index is 11.9. The maximum Gasteiger partial charge on any atom is 0.220 e. The Morgan fingerprint density at radius 1 is 1.27 bits per heavy atom. The summed E-state index contributed by atoms with van der Waals surface area (Å²) >= 11 is 0. The van der Waals surface area contributed by atoms with Crippen molar-refractivity contribution in [1.82, 2.24) is 5.32 Å². The van der Waals surface area contributed by atoms with E-state index in [0.29, 0.717) is 6.42 Å². The third-order valence-corrected chi connectivity index (χ3v) is 4.04. The molecule has 22 heavy (non-hydrogen) atoms. The number of unbranched alkanes of at least 4 members (excludes halogenated alkanes) is 2. The predicted molar refractivity (Wildman–Crippen MR) is 90.6 cm³/mol. The third kappa shape index (κ3) is 7.99. The van der Waals surface area contributed by atoms with Crippen LogP contribution in [0.3, 0.4) is 0 Å². The van der Waals surface area contributed by atoms with Crippen LogP contribution in [0.2, 0.25) is 0 Å². The van der Waals surface area contributed by atoms with Gasteiger partial charge < -0.3 is 10.4 Å². The molecular formula is C18H28N2O2. The lowest BCUT2D eigenvalue weighted by atomic mass is 9.93. The molecule has 2 N–H and O–H groups in total. The second-order valence-electron chi connectivity index (χ2n) is 5.84. The molecule has 1 amide bonds. The smallest absolute Gasteiger partial charge is 0.220 e. The van der Waals surface area contributed by atoms with Crippen LogP contribution in [0.25, 0.3) is 0 Å². The number of nitrogens with one attached hydrogen (secondary N) is 1. The van der Waals surface area contributed by atoms with Gasteiger partial charge in [0.25, 0.3) is 0 Å². The zero-order chi connectivity index (χ0) is 16.2. The zero-order valence-corrected chi connectivity index (χ0v) is 13.6. The Morgan fingerprint density at radius 2 is 1.95 bits per heavy atom. The largest absolute Gasteiger partial charge is 0.393 e. The van der Waals surface area contributed by atoms with Crippen LogP contribution >= 0.6 is 0 Å². The Kier molecular flexibility index (Phi) is 9.25. The van der Waals surface area contributed by atoms with Gasteiger partial charge in [-0.25, -0.2) is 0 Å². The van der Waals surface area contributed by atoms with E-state index >= 15 is 0 Å². The molecule has 1 saturated carbocycles. The number of carbonyl (C=O) groups excluding carboxylic acids is 1. The second-order valence-corrected chi connectivity index (χ2v) is 5.84. The van der Waals surface area contributed by atoms with Crippen molar-refractivity contribution in [1.29, 1.82) is 0 Å². The summed E-state index contributed by atoms with van der Waals surface area (Å²) in [6.45, 7) is 1.96. The molecule has 0 atom stereocenters. The van der Waals surface area contributed by atoms with Crippen LogP contribution < -0.4 is 5.32 Å². The van der Waals surface area contributed by atoms with Crippen LogP contribution in [0, 0.1) is 12.3 Å². The molecule has 0 spiro atoms. The molecule has 0 aliphatic heterocycles. The minimum Gasteiger partial charge on any atom is -0.393 e. The number of hydrogen-bond acceptors (Lipinski definition) is 3. The summed E-state index contributed by atoms with van der Waals surface area (Å²) < 4.78 is 0. The number of allylic oxidation sites excluding steroid dienone is 2. The van der Waals surface area contributed by atoms with Gasteiger partial charge in [0.05, 0.1) is 12.3 Å². The first kappa shape index (κ1) is 18.4. The van der Waals surface area contributed by atoms with E-state index in [9.17, 15) is 9.90 Å². The van der Waals surface area contributed by atoms with Crippen molar-refractivity contribution >= 4 is 12.1 Å². The van der Waals surface area contributed by atoms with Crippen molar-refractivity contribution in [2.75, 3.05) is 0 Å². The maximum absolute atomic E-state index is 11.9. The highest BCUT2D eigenvalue weighted by molar-refractivity contribution is 5.78. The van der Waals surface area contributed by atoms with E-state index in [0.717, 1.165) is 57.1 Å². The van der Waals surface area contributed by atoms with Gasteiger partial charge in [0, 0.05) is 18.2 Å². The summed E-state index contributed by atoms with van der Waals surface area (Å²) in [5.74, 6) is 2.53. The van der Waals surface area contributed by atoms with E-state index in [-0.39, 0.29) is 18.1 Å². The molecule has 1 fully saturated rings. The number of carbonyl (C=O) groups is 1. The van der Waals surface area contributed by atoms with E-state index < -0.39 is 0 Å². The standard InChI is InChI=1S/C18H28N2O2/c1-3-14-19-15(4-2)8-6-5-7-9-18(22)20-16-10-12-17(21)13-11-16/h1,4,14,16-17,21H,5-13H2,2H3,(H,20,22)/b15-4-,19-14-. The normalized spacial score (nSPS) is 22.5. The van der Waals surface area contributed by atoms with E-state index in [4.69, 9.17) is 6.42 Å². The van der Waals surface area contributed by atoms with Crippen LogP contribution in [0.15, 0.2) is 16.8 Å². The molecule has 1 rings (SSSR count). The van der Waals surface area contributed by atoms with Crippen molar-refractivity contribution in [3.05, 3.63) is 11.8 Å². The third-order valence-electron chi connectivity index (χ3n) is 4.04. The lowest BCUT2D eigenvalue weighted by Gasteiger charge is -2.26. The molecule has 0 aromatic carbocycles. The topological polar surface area (TPSA) is 61.7 Å². The van der Waals surface area contributed by atoms with Crippen molar-refractivity contribution in [2.45, 2.75) is 76.9 Å². The average molecular weight is 304 g/mol. The lowest BCUT2D eigenvalue weighted by Crippen LogP contribution is -2.38. The molecule has 0 radical (unpaired) electrons. The minimum atomic E-state index is -0.175. The predicted octanol–water partition coefficient (Wildman–Crippen LogP) is 2.96. The Balaban J connectivity index is 2.08. The van der Waals surface area contributed by atoms with Gasteiger partial charge in [-0.2, -0.15) is 0 Å². The van der Waals surface area contributed by atoms with Gasteiger partial charge in [-0.05, 0) is 51.9 Å². The number of terminal acetylenes is 1. The summed E-state index contributed by atoms with van der Waals surface area (Å²) in [4.78, 5) is 16.0. The summed E-state index contributed by atoms with van der Waals surface area (Å²) in [5, 5.41) is 12.5. The first-order valence-corrected chi connectivity index (χ1v) is 8.27. The van der Waals surface area contributed by atoms with Crippen LogP contribution in [-0.2, 0) is 4.79 Å². The van der Waals surface area contributed by atoms with Crippen molar-refractivity contribution in [3.63, 3.8) is 0 Å². The van der Waals surface area contributed by atoms with Crippen LogP contribution in [-0.4, -0.2) is 29.4 Å².